The smallest absolute Gasteiger partial charge is 0.306 e. The van der Waals surface area contributed by atoms with Gasteiger partial charge in [-0.1, -0.05) is 18.6 Å². The molecule has 1 aromatic rings. The van der Waals surface area contributed by atoms with E-state index in [1.807, 2.05) is 18.2 Å². The van der Waals surface area contributed by atoms with E-state index in [1.165, 1.54) is 0 Å². The van der Waals surface area contributed by atoms with Crippen LogP contribution in [0.4, 0.5) is 0 Å². The maximum Gasteiger partial charge on any atom is 0.306 e. The number of hydrogen-bond donors (Lipinski definition) is 2. The molecule has 1 aromatic carbocycles. The fourth-order valence-electron chi connectivity index (χ4n) is 3.37. The minimum absolute atomic E-state index is 0.0758. The number of nitrogens with one attached hydrogen (secondary N) is 1. The zero-order valence-electron chi connectivity index (χ0n) is 13.6. The fourth-order valence-corrected chi connectivity index (χ4v) is 3.37. The van der Waals surface area contributed by atoms with E-state index in [9.17, 15) is 9.59 Å². The van der Waals surface area contributed by atoms with Crippen molar-refractivity contribution in [2.45, 2.75) is 38.6 Å². The average Bonchev–Trinajstić information content (AvgIpc) is 2.85. The Balaban J connectivity index is 1.61. The molecule has 0 saturated heterocycles. The van der Waals surface area contributed by atoms with Crippen LogP contribution >= 0.6 is 0 Å². The van der Waals surface area contributed by atoms with Crippen molar-refractivity contribution in [2.24, 2.45) is 11.8 Å². The Bertz CT molecular complexity index is 615. The molecule has 130 valence electrons. The third-order valence-corrected chi connectivity index (χ3v) is 4.70. The van der Waals surface area contributed by atoms with Crippen molar-refractivity contribution in [3.8, 4) is 11.5 Å². The monoisotopic (exact) mass is 333 g/mol. The Labute approximate surface area is 141 Å². The normalized spacial score (nSPS) is 23.2. The van der Waals surface area contributed by atoms with Gasteiger partial charge in [-0.2, -0.15) is 0 Å². The lowest BCUT2D eigenvalue weighted by Crippen LogP contribution is -2.35. The molecule has 1 aliphatic carbocycles. The van der Waals surface area contributed by atoms with Crippen LogP contribution in [0.2, 0.25) is 0 Å². The second-order valence-electron chi connectivity index (χ2n) is 6.41. The number of aliphatic carboxylic acids is 1. The van der Waals surface area contributed by atoms with Crippen LogP contribution in [-0.2, 0) is 16.1 Å². The van der Waals surface area contributed by atoms with E-state index in [4.69, 9.17) is 14.6 Å². The van der Waals surface area contributed by atoms with Gasteiger partial charge in [0.1, 0.15) is 0 Å². The number of carbonyl (C=O) groups is 2. The second-order valence-corrected chi connectivity index (χ2v) is 6.41. The molecule has 1 saturated carbocycles. The summed E-state index contributed by atoms with van der Waals surface area (Å²) < 4.78 is 11.4. The van der Waals surface area contributed by atoms with Gasteiger partial charge in [-0.05, 0) is 25.3 Å². The number of ether oxygens (including phenoxy) is 2. The van der Waals surface area contributed by atoms with Crippen molar-refractivity contribution >= 4 is 11.9 Å². The second kappa shape index (κ2) is 7.55. The highest BCUT2D eigenvalue weighted by atomic mass is 16.5. The van der Waals surface area contributed by atoms with Crippen molar-refractivity contribution in [2.75, 3.05) is 13.2 Å². The molecule has 2 atom stereocenters. The highest BCUT2D eigenvalue weighted by molar-refractivity contribution is 5.80. The standard InChI is InChI=1S/C18H23NO5/c20-17(12-4-1-5-13(10-12)18(21)22)19-11-14-6-2-7-15-16(14)24-9-3-8-23-15/h2,6-7,12-13H,1,3-5,8-11H2,(H,19,20)(H,21,22). The summed E-state index contributed by atoms with van der Waals surface area (Å²) in [4.78, 5) is 23.5. The number of hydrogen-bond acceptors (Lipinski definition) is 4. The fraction of sp³-hybridized carbons (Fsp3) is 0.556. The molecule has 6 heteroatoms. The Kier molecular flexibility index (Phi) is 5.23. The van der Waals surface area contributed by atoms with Crippen LogP contribution in [0.25, 0.3) is 0 Å². The van der Waals surface area contributed by atoms with Gasteiger partial charge in [-0.15, -0.1) is 0 Å². The van der Waals surface area contributed by atoms with Crippen LogP contribution in [0.1, 0.15) is 37.7 Å². The number of carboxylic acids is 1. The van der Waals surface area contributed by atoms with Gasteiger partial charge in [0.05, 0.1) is 19.1 Å². The van der Waals surface area contributed by atoms with Gasteiger partial charge in [-0.3, -0.25) is 9.59 Å². The predicted octanol–water partition coefficient (Wildman–Crippen LogP) is 2.36. The first-order valence-corrected chi connectivity index (χ1v) is 8.53. The summed E-state index contributed by atoms with van der Waals surface area (Å²) in [6.07, 6.45) is 3.46. The van der Waals surface area contributed by atoms with Crippen LogP contribution in [0, 0.1) is 11.8 Å². The minimum atomic E-state index is -0.800. The topological polar surface area (TPSA) is 84.9 Å². The SMILES string of the molecule is O=C(O)C1CCCC(C(=O)NCc2cccc3c2OCCCO3)C1. The van der Waals surface area contributed by atoms with Gasteiger partial charge in [0.25, 0.3) is 0 Å². The highest BCUT2D eigenvalue weighted by Gasteiger charge is 2.31. The Morgan fingerprint density at radius 2 is 1.92 bits per heavy atom. The van der Waals surface area contributed by atoms with Gasteiger partial charge in [-0.25, -0.2) is 0 Å². The number of rotatable bonds is 4. The summed E-state index contributed by atoms with van der Waals surface area (Å²) in [7, 11) is 0. The van der Waals surface area contributed by atoms with Gasteiger partial charge in [0.15, 0.2) is 11.5 Å². The quantitative estimate of drug-likeness (QED) is 0.883. The molecular formula is C18H23NO5. The lowest BCUT2D eigenvalue weighted by atomic mass is 9.81. The van der Waals surface area contributed by atoms with E-state index in [1.54, 1.807) is 0 Å². The molecule has 1 aliphatic heterocycles. The molecule has 24 heavy (non-hydrogen) atoms. The lowest BCUT2D eigenvalue weighted by molar-refractivity contribution is -0.144. The maximum atomic E-state index is 12.4. The Hall–Kier alpha value is -2.24. The molecule has 1 heterocycles. The summed E-state index contributed by atoms with van der Waals surface area (Å²) in [5, 5.41) is 12.1. The van der Waals surface area contributed by atoms with Gasteiger partial charge < -0.3 is 19.9 Å². The molecule has 0 spiro atoms. The number of benzene rings is 1. The number of fused-ring (bicyclic) bond motifs is 1. The zero-order chi connectivity index (χ0) is 16.9. The predicted molar refractivity (Wildman–Crippen MR) is 87.0 cm³/mol. The first-order chi connectivity index (χ1) is 11.6. The number of amides is 1. The van der Waals surface area contributed by atoms with Gasteiger partial charge >= 0.3 is 5.97 Å². The van der Waals surface area contributed by atoms with Crippen molar-refractivity contribution in [1.82, 2.24) is 5.32 Å². The van der Waals surface area contributed by atoms with Crippen LogP contribution < -0.4 is 14.8 Å². The zero-order valence-corrected chi connectivity index (χ0v) is 13.6. The van der Waals surface area contributed by atoms with Crippen molar-refractivity contribution in [3.63, 3.8) is 0 Å². The van der Waals surface area contributed by atoms with Gasteiger partial charge in [0, 0.05) is 24.4 Å². The summed E-state index contributed by atoms with van der Waals surface area (Å²) in [6, 6.07) is 5.66. The largest absolute Gasteiger partial charge is 0.490 e. The van der Waals surface area contributed by atoms with Crippen LogP contribution in [0.15, 0.2) is 18.2 Å². The molecule has 2 unspecified atom stereocenters. The Morgan fingerprint density at radius 3 is 2.75 bits per heavy atom. The summed E-state index contributed by atoms with van der Waals surface area (Å²) in [6.45, 7) is 1.59. The van der Waals surface area contributed by atoms with Crippen LogP contribution in [0.3, 0.4) is 0 Å². The molecular weight excluding hydrogens is 310 g/mol. The van der Waals surface area contributed by atoms with E-state index in [0.29, 0.717) is 44.1 Å². The van der Waals surface area contributed by atoms with E-state index in [-0.39, 0.29) is 11.8 Å². The summed E-state index contributed by atoms with van der Waals surface area (Å²) >= 11 is 0. The highest BCUT2D eigenvalue weighted by Crippen LogP contribution is 2.33. The molecule has 1 fully saturated rings. The minimum Gasteiger partial charge on any atom is -0.490 e. The molecule has 2 N–H and O–H groups in total. The van der Waals surface area contributed by atoms with E-state index in [0.717, 1.165) is 24.8 Å². The van der Waals surface area contributed by atoms with Crippen molar-refractivity contribution in [1.29, 1.82) is 0 Å². The van der Waals surface area contributed by atoms with Crippen LogP contribution in [0.5, 0.6) is 11.5 Å². The van der Waals surface area contributed by atoms with Gasteiger partial charge in [0.2, 0.25) is 5.91 Å². The third-order valence-electron chi connectivity index (χ3n) is 4.70. The van der Waals surface area contributed by atoms with E-state index in [2.05, 4.69) is 5.32 Å². The third kappa shape index (κ3) is 3.80. The lowest BCUT2D eigenvalue weighted by Gasteiger charge is -2.25. The Morgan fingerprint density at radius 1 is 1.12 bits per heavy atom. The molecule has 3 rings (SSSR count). The molecule has 2 aliphatic rings. The first-order valence-electron chi connectivity index (χ1n) is 8.53. The van der Waals surface area contributed by atoms with E-state index >= 15 is 0 Å². The number of para-hydroxylation sites is 1. The average molecular weight is 333 g/mol. The summed E-state index contributed by atoms with van der Waals surface area (Å²) in [5.74, 6) is -0.0942. The molecule has 0 aromatic heterocycles. The summed E-state index contributed by atoms with van der Waals surface area (Å²) in [5.41, 5.74) is 0.883. The van der Waals surface area contributed by atoms with Crippen molar-refractivity contribution < 1.29 is 24.2 Å². The number of carboxylic acid groups (broad SMARTS) is 1. The van der Waals surface area contributed by atoms with E-state index < -0.39 is 11.9 Å². The maximum absolute atomic E-state index is 12.4. The molecule has 0 bridgehead atoms. The molecule has 0 radical (unpaired) electrons. The first kappa shape index (κ1) is 16.6. The molecule has 1 amide bonds. The van der Waals surface area contributed by atoms with Crippen molar-refractivity contribution in [3.05, 3.63) is 23.8 Å². The van der Waals surface area contributed by atoms with Crippen LogP contribution in [-0.4, -0.2) is 30.2 Å². The number of carbonyl (C=O) groups excluding carboxylic acids is 1. The molecule has 6 nitrogen and oxygen atoms in total.